The molecule has 0 saturated carbocycles. The van der Waals surface area contributed by atoms with Crippen molar-refractivity contribution in [1.29, 1.82) is 0 Å². The van der Waals surface area contributed by atoms with Gasteiger partial charge in [-0.15, -0.1) is 5.10 Å². The standard InChI is InChI=1S/C11H12N4O3/c1-7(16)2-3-8-4-5-10-9(6-8)13-14-15(10)18-11(12)17/h4-6H,2-3H2,1H3,(H2,12,17). The number of primary amides is 1. The summed E-state index contributed by atoms with van der Waals surface area (Å²) in [5.74, 6) is 0.135. The molecule has 18 heavy (non-hydrogen) atoms. The van der Waals surface area contributed by atoms with Gasteiger partial charge in [0.15, 0.2) is 0 Å². The van der Waals surface area contributed by atoms with Crippen molar-refractivity contribution in [3.63, 3.8) is 0 Å². The number of aromatic nitrogens is 3. The Hall–Kier alpha value is -2.44. The number of Topliss-reactive ketones (excluding diaryl/α,β-unsaturated/α-hetero) is 1. The second kappa shape index (κ2) is 4.82. The molecule has 0 saturated heterocycles. The molecule has 7 nitrogen and oxygen atoms in total. The maximum Gasteiger partial charge on any atom is 0.430 e. The Morgan fingerprint density at radius 2 is 2.22 bits per heavy atom. The summed E-state index contributed by atoms with van der Waals surface area (Å²) in [6.07, 6.45) is 0.175. The predicted octanol–water partition coefficient (Wildman–Crippen LogP) is 0.460. The lowest BCUT2D eigenvalue weighted by atomic mass is 10.1. The first-order valence-corrected chi connectivity index (χ1v) is 5.38. The van der Waals surface area contributed by atoms with Crippen LogP contribution in [0.15, 0.2) is 18.2 Å². The lowest BCUT2D eigenvalue weighted by molar-refractivity contribution is -0.116. The first-order valence-electron chi connectivity index (χ1n) is 5.38. The van der Waals surface area contributed by atoms with Gasteiger partial charge in [-0.1, -0.05) is 10.9 Å². The van der Waals surface area contributed by atoms with Gasteiger partial charge in [-0.2, -0.15) is 0 Å². The number of fused-ring (bicyclic) bond motifs is 1. The molecule has 2 N–H and O–H groups in total. The Morgan fingerprint density at radius 3 is 2.89 bits per heavy atom. The van der Waals surface area contributed by atoms with E-state index in [-0.39, 0.29) is 5.78 Å². The number of carbonyl (C=O) groups is 2. The Morgan fingerprint density at radius 1 is 1.44 bits per heavy atom. The fourth-order valence-corrected chi connectivity index (χ4v) is 1.58. The van der Waals surface area contributed by atoms with Crippen LogP contribution in [-0.2, 0) is 11.2 Å². The smallest absolute Gasteiger partial charge is 0.333 e. The van der Waals surface area contributed by atoms with Crippen molar-refractivity contribution in [1.82, 2.24) is 15.2 Å². The Labute approximate surface area is 102 Å². The van der Waals surface area contributed by atoms with E-state index in [9.17, 15) is 9.59 Å². The van der Waals surface area contributed by atoms with Crippen LogP contribution in [0.5, 0.6) is 0 Å². The quantitative estimate of drug-likeness (QED) is 0.792. The molecular formula is C11H12N4O3. The highest BCUT2D eigenvalue weighted by atomic mass is 16.7. The fourth-order valence-electron chi connectivity index (χ4n) is 1.58. The number of aryl methyl sites for hydroxylation is 1. The number of hydrogen-bond donors (Lipinski definition) is 1. The molecule has 1 aromatic carbocycles. The van der Waals surface area contributed by atoms with Crippen molar-refractivity contribution in [3.05, 3.63) is 23.8 Å². The molecular weight excluding hydrogens is 236 g/mol. The molecule has 7 heteroatoms. The third kappa shape index (κ3) is 2.62. The molecule has 1 heterocycles. The molecule has 2 rings (SSSR count). The molecule has 2 aromatic rings. The number of nitrogens with zero attached hydrogens (tertiary/aromatic N) is 3. The molecule has 1 aromatic heterocycles. The molecule has 94 valence electrons. The molecule has 0 bridgehead atoms. The molecule has 0 aliphatic carbocycles. The van der Waals surface area contributed by atoms with Crippen molar-refractivity contribution in [2.45, 2.75) is 19.8 Å². The highest BCUT2D eigenvalue weighted by molar-refractivity contribution is 5.77. The van der Waals surface area contributed by atoms with Gasteiger partial charge in [0.2, 0.25) is 0 Å². The summed E-state index contributed by atoms with van der Waals surface area (Å²) in [6.45, 7) is 1.55. The van der Waals surface area contributed by atoms with Gasteiger partial charge in [-0.3, -0.25) is 4.84 Å². The molecule has 0 aliphatic rings. The SMILES string of the molecule is CC(=O)CCc1ccc2c(c1)nnn2OC(N)=O. The minimum absolute atomic E-state index is 0.135. The van der Waals surface area contributed by atoms with Crippen molar-refractivity contribution in [2.75, 3.05) is 0 Å². The maximum atomic E-state index is 10.9. The predicted molar refractivity (Wildman–Crippen MR) is 62.7 cm³/mol. The molecule has 0 radical (unpaired) electrons. The first-order chi connectivity index (χ1) is 8.56. The number of hydrogen-bond acceptors (Lipinski definition) is 5. The molecule has 0 unspecified atom stereocenters. The van der Waals surface area contributed by atoms with Gasteiger partial charge in [0.05, 0.1) is 0 Å². The van der Waals surface area contributed by atoms with Gasteiger partial charge >= 0.3 is 6.09 Å². The number of rotatable bonds is 4. The average molecular weight is 248 g/mol. The van der Waals surface area contributed by atoms with E-state index in [1.807, 2.05) is 6.07 Å². The van der Waals surface area contributed by atoms with Crippen LogP contribution in [0.2, 0.25) is 0 Å². The molecule has 0 aliphatic heterocycles. The van der Waals surface area contributed by atoms with Crippen LogP contribution in [0.3, 0.4) is 0 Å². The summed E-state index contributed by atoms with van der Waals surface area (Å²) in [5, 5.41) is 7.50. The zero-order chi connectivity index (χ0) is 13.1. The van der Waals surface area contributed by atoms with Gasteiger partial charge in [-0.05, 0) is 36.3 Å². The van der Waals surface area contributed by atoms with Crippen LogP contribution < -0.4 is 10.6 Å². The van der Waals surface area contributed by atoms with E-state index in [0.29, 0.717) is 23.9 Å². The monoisotopic (exact) mass is 248 g/mol. The van der Waals surface area contributed by atoms with Crippen molar-refractivity contribution in [2.24, 2.45) is 5.73 Å². The van der Waals surface area contributed by atoms with Crippen molar-refractivity contribution < 1.29 is 14.4 Å². The Balaban J connectivity index is 2.25. The maximum absolute atomic E-state index is 10.9. The number of amides is 1. The molecule has 0 atom stereocenters. The number of nitrogens with two attached hydrogens (primary N) is 1. The Bertz CT molecular complexity index is 605. The van der Waals surface area contributed by atoms with Crippen LogP contribution >= 0.6 is 0 Å². The molecule has 1 amide bonds. The largest absolute Gasteiger partial charge is 0.430 e. The normalized spacial score (nSPS) is 10.5. The highest BCUT2D eigenvalue weighted by Crippen LogP contribution is 2.14. The summed E-state index contributed by atoms with van der Waals surface area (Å²) < 4.78 is 0. The van der Waals surface area contributed by atoms with E-state index in [1.165, 1.54) is 0 Å². The topological polar surface area (TPSA) is 100 Å². The minimum Gasteiger partial charge on any atom is -0.333 e. The zero-order valence-corrected chi connectivity index (χ0v) is 9.79. The van der Waals surface area contributed by atoms with E-state index in [0.717, 1.165) is 10.4 Å². The van der Waals surface area contributed by atoms with Crippen LogP contribution in [0, 0.1) is 0 Å². The second-order valence-corrected chi connectivity index (χ2v) is 3.90. The third-order valence-corrected chi connectivity index (χ3v) is 2.42. The van der Waals surface area contributed by atoms with Gasteiger partial charge in [-0.25, -0.2) is 4.79 Å². The van der Waals surface area contributed by atoms with E-state index >= 15 is 0 Å². The highest BCUT2D eigenvalue weighted by Gasteiger charge is 2.08. The molecule has 0 fully saturated rings. The van der Waals surface area contributed by atoms with Gasteiger partial charge in [0, 0.05) is 6.42 Å². The Kier molecular flexibility index (Phi) is 3.22. The first kappa shape index (κ1) is 12.0. The number of benzene rings is 1. The van der Waals surface area contributed by atoms with Crippen molar-refractivity contribution >= 4 is 22.9 Å². The zero-order valence-electron chi connectivity index (χ0n) is 9.79. The second-order valence-electron chi connectivity index (χ2n) is 3.90. The summed E-state index contributed by atoms with van der Waals surface area (Å²) in [6, 6.07) is 5.34. The van der Waals surface area contributed by atoms with Gasteiger partial charge in [0.25, 0.3) is 0 Å². The summed E-state index contributed by atoms with van der Waals surface area (Å²) in [7, 11) is 0. The number of carbonyl (C=O) groups excluding carboxylic acids is 2. The van der Waals surface area contributed by atoms with Crippen LogP contribution in [0.4, 0.5) is 4.79 Å². The van der Waals surface area contributed by atoms with E-state index in [4.69, 9.17) is 5.73 Å². The minimum atomic E-state index is -0.956. The summed E-state index contributed by atoms with van der Waals surface area (Å²) >= 11 is 0. The lowest BCUT2D eigenvalue weighted by Crippen LogP contribution is -2.26. The average Bonchev–Trinajstić information content (AvgIpc) is 2.68. The van der Waals surface area contributed by atoms with Crippen LogP contribution in [-0.4, -0.2) is 27.0 Å². The third-order valence-electron chi connectivity index (χ3n) is 2.42. The van der Waals surface area contributed by atoms with E-state index < -0.39 is 6.09 Å². The lowest BCUT2D eigenvalue weighted by Gasteiger charge is -2.00. The van der Waals surface area contributed by atoms with Gasteiger partial charge in [0.1, 0.15) is 16.8 Å². The van der Waals surface area contributed by atoms with Crippen molar-refractivity contribution in [3.8, 4) is 0 Å². The fraction of sp³-hybridized carbons (Fsp3) is 0.273. The van der Waals surface area contributed by atoms with Gasteiger partial charge < -0.3 is 10.5 Å². The van der Waals surface area contributed by atoms with Crippen LogP contribution in [0.25, 0.3) is 11.0 Å². The summed E-state index contributed by atoms with van der Waals surface area (Å²) in [4.78, 5) is 27.1. The molecule has 0 spiro atoms. The number of ketones is 1. The van der Waals surface area contributed by atoms with Crippen LogP contribution in [0.1, 0.15) is 18.9 Å². The summed E-state index contributed by atoms with van der Waals surface area (Å²) in [5.41, 5.74) is 7.00. The van der Waals surface area contributed by atoms with E-state index in [1.54, 1.807) is 19.1 Å². The van der Waals surface area contributed by atoms with E-state index in [2.05, 4.69) is 15.1 Å².